The first kappa shape index (κ1) is 13.5. The molecule has 0 saturated heterocycles. The molecule has 1 unspecified atom stereocenters. The highest BCUT2D eigenvalue weighted by molar-refractivity contribution is 5.88. The first-order valence-electron chi connectivity index (χ1n) is 4.94. The lowest BCUT2D eigenvalue weighted by atomic mass is 10.1. The first-order chi connectivity index (χ1) is 8.40. The van der Waals surface area contributed by atoms with Crippen molar-refractivity contribution in [2.75, 3.05) is 5.32 Å². The van der Waals surface area contributed by atoms with Crippen LogP contribution >= 0.6 is 0 Å². The molecule has 0 bridgehead atoms. The number of hydrogen-bond donors (Lipinski definition) is 4. The van der Waals surface area contributed by atoms with Crippen LogP contribution in [0, 0.1) is 0 Å². The molecule has 0 aliphatic rings. The minimum atomic E-state index is -1.29. The van der Waals surface area contributed by atoms with Crippen LogP contribution in [0.1, 0.15) is 16.8 Å². The third kappa shape index (κ3) is 3.78. The van der Waals surface area contributed by atoms with E-state index >= 15 is 0 Å². The van der Waals surface area contributed by atoms with Gasteiger partial charge in [-0.3, -0.25) is 4.79 Å². The third-order valence-corrected chi connectivity index (χ3v) is 2.15. The monoisotopic (exact) mass is 253 g/mol. The molecule has 1 atom stereocenters. The van der Waals surface area contributed by atoms with Gasteiger partial charge in [0.25, 0.3) is 0 Å². The Kier molecular flexibility index (Phi) is 4.25. The number of aliphatic carboxylic acids is 2. The highest BCUT2D eigenvalue weighted by Gasteiger charge is 2.20. The van der Waals surface area contributed by atoms with Gasteiger partial charge in [0.05, 0.1) is 12.0 Å². The molecule has 0 aromatic heterocycles. The van der Waals surface area contributed by atoms with E-state index in [2.05, 4.69) is 5.32 Å². The summed E-state index contributed by atoms with van der Waals surface area (Å²) in [6.07, 6.45) is -0.573. The lowest BCUT2D eigenvalue weighted by molar-refractivity contribution is -0.144. The van der Waals surface area contributed by atoms with Gasteiger partial charge in [0, 0.05) is 5.69 Å². The molecule has 1 aromatic rings. The Bertz CT molecular complexity index is 467. The van der Waals surface area contributed by atoms with Crippen molar-refractivity contribution in [3.8, 4) is 0 Å². The van der Waals surface area contributed by atoms with Crippen LogP contribution < -0.4 is 5.32 Å². The van der Waals surface area contributed by atoms with Gasteiger partial charge in [-0.05, 0) is 24.3 Å². The molecule has 4 N–H and O–H groups in total. The maximum Gasteiger partial charge on any atom is 0.335 e. The summed E-state index contributed by atoms with van der Waals surface area (Å²) in [5.41, 5.74) is 0.402. The van der Waals surface area contributed by atoms with E-state index in [0.717, 1.165) is 0 Å². The van der Waals surface area contributed by atoms with E-state index in [4.69, 9.17) is 15.3 Å². The number of anilines is 1. The van der Waals surface area contributed by atoms with Gasteiger partial charge in [-0.15, -0.1) is 0 Å². The van der Waals surface area contributed by atoms with Crippen molar-refractivity contribution >= 4 is 23.6 Å². The number of carbonyl (C=O) groups is 3. The van der Waals surface area contributed by atoms with Crippen molar-refractivity contribution in [2.24, 2.45) is 0 Å². The summed E-state index contributed by atoms with van der Waals surface area (Å²) in [5.74, 6) is -3.63. The van der Waals surface area contributed by atoms with Gasteiger partial charge in [0.15, 0.2) is 0 Å². The largest absolute Gasteiger partial charge is 0.481 e. The Morgan fingerprint density at radius 2 is 1.61 bits per heavy atom. The summed E-state index contributed by atoms with van der Waals surface area (Å²) in [4.78, 5) is 31.9. The number of benzene rings is 1. The van der Waals surface area contributed by atoms with Gasteiger partial charge < -0.3 is 20.6 Å². The van der Waals surface area contributed by atoms with Crippen molar-refractivity contribution in [1.82, 2.24) is 0 Å². The number of aromatic carboxylic acids is 1. The molecular formula is C11H11NO6. The maximum absolute atomic E-state index is 10.8. The van der Waals surface area contributed by atoms with Crippen molar-refractivity contribution in [2.45, 2.75) is 12.5 Å². The van der Waals surface area contributed by atoms with Crippen LogP contribution in [0.2, 0.25) is 0 Å². The van der Waals surface area contributed by atoms with E-state index in [1.807, 2.05) is 0 Å². The van der Waals surface area contributed by atoms with Gasteiger partial charge in [0.2, 0.25) is 0 Å². The maximum atomic E-state index is 10.8. The van der Waals surface area contributed by atoms with Gasteiger partial charge >= 0.3 is 17.9 Å². The van der Waals surface area contributed by atoms with E-state index in [9.17, 15) is 14.4 Å². The van der Waals surface area contributed by atoms with Crippen molar-refractivity contribution in [3.05, 3.63) is 29.8 Å². The summed E-state index contributed by atoms with van der Waals surface area (Å²) in [7, 11) is 0. The van der Waals surface area contributed by atoms with Crippen LogP contribution in [0.4, 0.5) is 5.69 Å². The molecule has 0 fully saturated rings. The van der Waals surface area contributed by atoms with E-state index in [0.29, 0.717) is 5.69 Å². The molecule has 1 aromatic carbocycles. The van der Waals surface area contributed by atoms with Crippen molar-refractivity contribution in [3.63, 3.8) is 0 Å². The van der Waals surface area contributed by atoms with E-state index < -0.39 is 30.4 Å². The van der Waals surface area contributed by atoms with Gasteiger partial charge in [-0.1, -0.05) is 0 Å². The minimum absolute atomic E-state index is 0.0608. The predicted molar refractivity (Wildman–Crippen MR) is 60.7 cm³/mol. The normalized spacial score (nSPS) is 11.6. The Hall–Kier alpha value is -2.57. The van der Waals surface area contributed by atoms with Gasteiger partial charge in [0.1, 0.15) is 6.04 Å². The lowest BCUT2D eigenvalue weighted by Crippen LogP contribution is -2.31. The third-order valence-electron chi connectivity index (χ3n) is 2.15. The van der Waals surface area contributed by atoms with Crippen LogP contribution in [0.25, 0.3) is 0 Å². The van der Waals surface area contributed by atoms with Gasteiger partial charge in [-0.25, -0.2) is 9.59 Å². The second kappa shape index (κ2) is 5.67. The van der Waals surface area contributed by atoms with E-state index in [-0.39, 0.29) is 5.56 Å². The standard InChI is InChI=1S/C11H11NO6/c13-9(14)5-8(11(17)18)12-7-3-1-6(2-4-7)10(15)16/h1-4,8,12H,5H2,(H,13,14)(H,15,16)(H,17,18). The SMILES string of the molecule is O=C(O)CC(Nc1ccc(C(=O)O)cc1)C(=O)O. The molecule has 0 radical (unpaired) electrons. The summed E-state index contributed by atoms with van der Waals surface area (Å²) in [5, 5.41) is 28.5. The molecule has 7 heteroatoms. The fourth-order valence-corrected chi connectivity index (χ4v) is 1.28. The molecule has 0 aliphatic heterocycles. The predicted octanol–water partition coefficient (Wildman–Crippen LogP) is 0.725. The topological polar surface area (TPSA) is 124 Å². The van der Waals surface area contributed by atoms with E-state index in [1.165, 1.54) is 24.3 Å². The first-order valence-corrected chi connectivity index (χ1v) is 4.94. The highest BCUT2D eigenvalue weighted by Crippen LogP contribution is 2.12. The zero-order chi connectivity index (χ0) is 13.7. The number of carboxylic acid groups (broad SMARTS) is 3. The number of hydrogen-bond acceptors (Lipinski definition) is 4. The average Bonchev–Trinajstić information content (AvgIpc) is 2.28. The fourth-order valence-electron chi connectivity index (χ4n) is 1.28. The Labute approximate surface area is 102 Å². The van der Waals surface area contributed by atoms with Crippen LogP contribution in [0.5, 0.6) is 0 Å². The quantitative estimate of drug-likeness (QED) is 0.588. The molecule has 0 saturated carbocycles. The van der Waals surface area contributed by atoms with Crippen LogP contribution in [-0.4, -0.2) is 39.3 Å². The summed E-state index contributed by atoms with van der Waals surface area (Å²) < 4.78 is 0. The van der Waals surface area contributed by atoms with Crippen molar-refractivity contribution < 1.29 is 29.7 Å². The summed E-state index contributed by atoms with van der Waals surface area (Å²) in [6, 6.07) is 4.08. The Balaban J connectivity index is 2.78. The molecule has 0 heterocycles. The Morgan fingerprint density at radius 1 is 1.06 bits per heavy atom. The number of carboxylic acids is 3. The summed E-state index contributed by atoms with van der Waals surface area (Å²) >= 11 is 0. The van der Waals surface area contributed by atoms with Crippen LogP contribution in [-0.2, 0) is 9.59 Å². The molecule has 7 nitrogen and oxygen atoms in total. The van der Waals surface area contributed by atoms with E-state index in [1.54, 1.807) is 0 Å². The molecule has 1 rings (SSSR count). The summed E-state index contributed by atoms with van der Waals surface area (Å²) in [6.45, 7) is 0. The molecule has 0 aliphatic carbocycles. The second-order valence-corrected chi connectivity index (χ2v) is 3.52. The fraction of sp³-hybridized carbons (Fsp3) is 0.182. The number of rotatable bonds is 6. The molecule has 0 amide bonds. The molecule has 0 spiro atoms. The van der Waals surface area contributed by atoms with Crippen LogP contribution in [0.3, 0.4) is 0 Å². The number of nitrogens with one attached hydrogen (secondary N) is 1. The minimum Gasteiger partial charge on any atom is -0.481 e. The zero-order valence-corrected chi connectivity index (χ0v) is 9.16. The average molecular weight is 253 g/mol. The lowest BCUT2D eigenvalue weighted by Gasteiger charge is -2.13. The smallest absolute Gasteiger partial charge is 0.335 e. The molecular weight excluding hydrogens is 242 g/mol. The second-order valence-electron chi connectivity index (χ2n) is 3.52. The zero-order valence-electron chi connectivity index (χ0n) is 9.16. The van der Waals surface area contributed by atoms with Gasteiger partial charge in [-0.2, -0.15) is 0 Å². The molecule has 96 valence electrons. The Morgan fingerprint density at radius 3 is 2.00 bits per heavy atom. The highest BCUT2D eigenvalue weighted by atomic mass is 16.4. The molecule has 18 heavy (non-hydrogen) atoms. The van der Waals surface area contributed by atoms with Crippen LogP contribution in [0.15, 0.2) is 24.3 Å². The van der Waals surface area contributed by atoms with Crippen molar-refractivity contribution in [1.29, 1.82) is 0 Å².